The number of rotatable bonds is 5. The van der Waals surface area contributed by atoms with E-state index in [0.717, 1.165) is 22.2 Å². The molecule has 154 valence electrons. The van der Waals surface area contributed by atoms with Gasteiger partial charge in [-0.05, 0) is 35.7 Å². The molecular formula is C25H22N4O2. The summed E-state index contributed by atoms with van der Waals surface area (Å²) >= 11 is 0. The number of hydrogen-bond donors (Lipinski definition) is 3. The summed E-state index contributed by atoms with van der Waals surface area (Å²) in [6.45, 7) is 0. The number of hydrogen-bond acceptors (Lipinski definition) is 3. The van der Waals surface area contributed by atoms with Crippen molar-refractivity contribution in [2.45, 2.75) is 24.8 Å². The fraction of sp³-hybridized carbons (Fsp3) is 0.160. The quantitative estimate of drug-likeness (QED) is 0.463. The molecule has 0 spiro atoms. The molecular weight excluding hydrogens is 388 g/mol. The summed E-state index contributed by atoms with van der Waals surface area (Å²) in [5, 5.41) is 6.01. The first-order valence-corrected chi connectivity index (χ1v) is 10.3. The van der Waals surface area contributed by atoms with Gasteiger partial charge in [0.2, 0.25) is 11.8 Å². The smallest absolute Gasteiger partial charge is 0.228 e. The molecule has 6 heteroatoms. The van der Waals surface area contributed by atoms with Crippen LogP contribution in [0.5, 0.6) is 0 Å². The third kappa shape index (κ3) is 3.92. The lowest BCUT2D eigenvalue weighted by atomic mass is 9.89. The average molecular weight is 410 g/mol. The van der Waals surface area contributed by atoms with Crippen LogP contribution in [0.25, 0.3) is 11.0 Å². The van der Waals surface area contributed by atoms with Crippen LogP contribution in [0, 0.1) is 0 Å². The Morgan fingerprint density at radius 3 is 2.58 bits per heavy atom. The van der Waals surface area contributed by atoms with Crippen LogP contribution in [0.3, 0.4) is 0 Å². The Kier molecular flexibility index (Phi) is 4.96. The summed E-state index contributed by atoms with van der Waals surface area (Å²) in [7, 11) is 0. The van der Waals surface area contributed by atoms with Crippen molar-refractivity contribution in [2.24, 2.45) is 0 Å². The standard InChI is InChI=1S/C25H22N4O2/c30-23-15-18(17-10-4-5-11-19(17)26-23)25(31)29-22(14-16-8-2-1-3-9-16)24-27-20-12-6-7-13-21(20)28-24/h1-13,18,22H,14-15H2,(H,26,30)(H,27,28)(H,29,31)/t18-,22-/m1/s1. The van der Waals surface area contributed by atoms with Crippen LogP contribution in [-0.2, 0) is 16.0 Å². The molecule has 2 heterocycles. The number of H-pyrrole nitrogens is 1. The van der Waals surface area contributed by atoms with Crippen molar-refractivity contribution in [1.29, 1.82) is 0 Å². The molecule has 2 atom stereocenters. The highest BCUT2D eigenvalue weighted by Crippen LogP contribution is 2.33. The lowest BCUT2D eigenvalue weighted by molar-refractivity contribution is -0.127. The van der Waals surface area contributed by atoms with Crippen molar-refractivity contribution in [3.8, 4) is 0 Å². The fourth-order valence-electron chi connectivity index (χ4n) is 4.12. The Balaban J connectivity index is 1.47. The lowest BCUT2D eigenvalue weighted by Gasteiger charge is -2.26. The monoisotopic (exact) mass is 410 g/mol. The van der Waals surface area contributed by atoms with E-state index < -0.39 is 5.92 Å². The Bertz CT molecular complexity index is 1220. The Hall–Kier alpha value is -3.93. The molecule has 5 rings (SSSR count). The van der Waals surface area contributed by atoms with Gasteiger partial charge < -0.3 is 15.6 Å². The van der Waals surface area contributed by atoms with E-state index in [4.69, 9.17) is 4.98 Å². The zero-order valence-corrected chi connectivity index (χ0v) is 16.8. The number of anilines is 1. The summed E-state index contributed by atoms with van der Waals surface area (Å²) in [5.41, 5.74) is 4.40. The average Bonchev–Trinajstić information content (AvgIpc) is 3.23. The molecule has 1 aliphatic rings. The minimum Gasteiger partial charge on any atom is -0.345 e. The molecule has 0 saturated heterocycles. The predicted molar refractivity (Wildman–Crippen MR) is 120 cm³/mol. The van der Waals surface area contributed by atoms with Gasteiger partial charge in [-0.3, -0.25) is 9.59 Å². The van der Waals surface area contributed by atoms with E-state index in [-0.39, 0.29) is 24.3 Å². The van der Waals surface area contributed by atoms with E-state index in [2.05, 4.69) is 15.6 Å². The number of imidazole rings is 1. The molecule has 3 N–H and O–H groups in total. The highest BCUT2D eigenvalue weighted by molar-refractivity contribution is 6.01. The molecule has 6 nitrogen and oxygen atoms in total. The molecule has 0 unspecified atom stereocenters. The first-order valence-electron chi connectivity index (χ1n) is 10.3. The minimum atomic E-state index is -0.535. The Labute approximate surface area is 179 Å². The minimum absolute atomic E-state index is 0.126. The van der Waals surface area contributed by atoms with Gasteiger partial charge in [0.15, 0.2) is 0 Å². The van der Waals surface area contributed by atoms with Gasteiger partial charge in [-0.1, -0.05) is 60.7 Å². The molecule has 0 bridgehead atoms. The Morgan fingerprint density at radius 2 is 1.74 bits per heavy atom. The summed E-state index contributed by atoms with van der Waals surface area (Å²) < 4.78 is 0. The maximum atomic E-state index is 13.4. The van der Waals surface area contributed by atoms with Gasteiger partial charge in [0.25, 0.3) is 0 Å². The predicted octanol–water partition coefficient (Wildman–Crippen LogP) is 4.09. The lowest BCUT2D eigenvalue weighted by Crippen LogP contribution is -2.38. The molecule has 1 aliphatic heterocycles. The Morgan fingerprint density at radius 1 is 1.00 bits per heavy atom. The third-order valence-corrected chi connectivity index (χ3v) is 5.65. The number of nitrogens with one attached hydrogen (secondary N) is 3. The van der Waals surface area contributed by atoms with Gasteiger partial charge in [0.1, 0.15) is 5.82 Å². The number of carbonyl (C=O) groups excluding carboxylic acids is 2. The molecule has 4 aromatic rings. The number of aromatic nitrogens is 2. The number of para-hydroxylation sites is 3. The molecule has 3 aromatic carbocycles. The van der Waals surface area contributed by atoms with Crippen LogP contribution >= 0.6 is 0 Å². The first-order chi connectivity index (χ1) is 15.2. The van der Waals surface area contributed by atoms with Crippen LogP contribution in [0.4, 0.5) is 5.69 Å². The topological polar surface area (TPSA) is 86.9 Å². The van der Waals surface area contributed by atoms with E-state index >= 15 is 0 Å². The van der Waals surface area contributed by atoms with E-state index in [1.165, 1.54) is 0 Å². The van der Waals surface area contributed by atoms with Gasteiger partial charge in [-0.15, -0.1) is 0 Å². The number of nitrogens with zero attached hydrogens (tertiary/aromatic N) is 1. The van der Waals surface area contributed by atoms with Crippen LogP contribution < -0.4 is 10.6 Å². The first kappa shape index (κ1) is 19.1. The van der Waals surface area contributed by atoms with Crippen LogP contribution in [0.15, 0.2) is 78.9 Å². The van der Waals surface area contributed by atoms with Crippen molar-refractivity contribution in [3.63, 3.8) is 0 Å². The molecule has 31 heavy (non-hydrogen) atoms. The molecule has 0 radical (unpaired) electrons. The number of carbonyl (C=O) groups is 2. The maximum absolute atomic E-state index is 13.4. The second kappa shape index (κ2) is 8.07. The SMILES string of the molecule is O=C1C[C@@H](C(=O)N[C@H](Cc2ccccc2)c2nc3ccccc3[nH]2)c2ccccc2N1. The normalized spacial score (nSPS) is 16.4. The largest absolute Gasteiger partial charge is 0.345 e. The number of aromatic amines is 1. The number of benzene rings is 3. The zero-order valence-electron chi connectivity index (χ0n) is 16.8. The van der Waals surface area contributed by atoms with Gasteiger partial charge >= 0.3 is 0 Å². The zero-order chi connectivity index (χ0) is 21.2. The van der Waals surface area contributed by atoms with E-state index in [9.17, 15) is 9.59 Å². The number of amides is 2. The van der Waals surface area contributed by atoms with E-state index in [1.807, 2.05) is 78.9 Å². The van der Waals surface area contributed by atoms with E-state index in [1.54, 1.807) is 0 Å². The summed E-state index contributed by atoms with van der Waals surface area (Å²) in [5.74, 6) is -0.162. The number of fused-ring (bicyclic) bond motifs is 2. The molecule has 0 aliphatic carbocycles. The molecule has 0 fully saturated rings. The summed E-state index contributed by atoms with van der Waals surface area (Å²) in [4.78, 5) is 33.6. The second-order valence-electron chi connectivity index (χ2n) is 7.78. The van der Waals surface area contributed by atoms with Crippen molar-refractivity contribution < 1.29 is 9.59 Å². The van der Waals surface area contributed by atoms with E-state index in [0.29, 0.717) is 17.9 Å². The van der Waals surface area contributed by atoms with Gasteiger partial charge in [-0.25, -0.2) is 4.98 Å². The van der Waals surface area contributed by atoms with Crippen LogP contribution in [0.1, 0.15) is 35.3 Å². The highest BCUT2D eigenvalue weighted by Gasteiger charge is 2.32. The second-order valence-corrected chi connectivity index (χ2v) is 7.78. The summed E-state index contributed by atoms with van der Waals surface area (Å²) in [6.07, 6.45) is 0.716. The molecule has 1 aromatic heterocycles. The molecule has 0 saturated carbocycles. The van der Waals surface area contributed by atoms with Crippen LogP contribution in [0.2, 0.25) is 0 Å². The van der Waals surface area contributed by atoms with Gasteiger partial charge in [-0.2, -0.15) is 0 Å². The van der Waals surface area contributed by atoms with Crippen molar-refractivity contribution in [1.82, 2.24) is 15.3 Å². The highest BCUT2D eigenvalue weighted by atomic mass is 16.2. The van der Waals surface area contributed by atoms with Crippen molar-refractivity contribution >= 4 is 28.5 Å². The van der Waals surface area contributed by atoms with Crippen LogP contribution in [-0.4, -0.2) is 21.8 Å². The van der Waals surface area contributed by atoms with Crippen molar-refractivity contribution in [3.05, 3.63) is 95.8 Å². The van der Waals surface area contributed by atoms with Gasteiger partial charge in [0, 0.05) is 12.1 Å². The van der Waals surface area contributed by atoms with Crippen molar-refractivity contribution in [2.75, 3.05) is 5.32 Å². The third-order valence-electron chi connectivity index (χ3n) is 5.65. The fourth-order valence-corrected chi connectivity index (χ4v) is 4.12. The maximum Gasteiger partial charge on any atom is 0.228 e. The molecule has 2 amide bonds. The van der Waals surface area contributed by atoms with Gasteiger partial charge in [0.05, 0.1) is 23.0 Å². The summed E-state index contributed by atoms with van der Waals surface area (Å²) in [6, 6.07) is 24.9.